The van der Waals surface area contributed by atoms with Gasteiger partial charge in [0.05, 0.1) is 0 Å². The minimum Gasteiger partial charge on any atom is -0.370 e. The Kier molecular flexibility index (Phi) is 3.88. The molecule has 0 aliphatic carbocycles. The largest absolute Gasteiger partial charge is 0.370 e. The van der Waals surface area contributed by atoms with E-state index < -0.39 is 0 Å². The lowest BCUT2D eigenvalue weighted by Crippen LogP contribution is -2.01. The SMILES string of the molecule is CCCNc1ccc(CCl)cn1. The molecule has 0 bridgehead atoms. The van der Waals surface area contributed by atoms with Gasteiger partial charge in [-0.3, -0.25) is 0 Å². The molecule has 1 heterocycles. The molecule has 1 N–H and O–H groups in total. The molecule has 1 rings (SSSR count). The Morgan fingerprint density at radius 3 is 2.83 bits per heavy atom. The van der Waals surface area contributed by atoms with E-state index in [1.165, 1.54) is 0 Å². The van der Waals surface area contributed by atoms with Crippen molar-refractivity contribution in [1.29, 1.82) is 0 Å². The van der Waals surface area contributed by atoms with E-state index in [0.717, 1.165) is 24.3 Å². The topological polar surface area (TPSA) is 24.9 Å². The fourth-order valence-electron chi connectivity index (χ4n) is 0.861. The van der Waals surface area contributed by atoms with Crippen LogP contribution < -0.4 is 5.32 Å². The number of rotatable bonds is 4. The third-order valence-electron chi connectivity index (χ3n) is 1.54. The number of nitrogens with one attached hydrogen (secondary N) is 1. The molecular formula is C9H13ClN2. The minimum absolute atomic E-state index is 0.529. The van der Waals surface area contributed by atoms with Gasteiger partial charge in [0.15, 0.2) is 0 Å². The Hall–Kier alpha value is -0.760. The van der Waals surface area contributed by atoms with Crippen LogP contribution in [0.15, 0.2) is 18.3 Å². The number of hydrogen-bond donors (Lipinski definition) is 1. The molecule has 1 aromatic heterocycles. The lowest BCUT2D eigenvalue weighted by molar-refractivity contribution is 0.968. The number of halogens is 1. The van der Waals surface area contributed by atoms with Crippen LogP contribution in [0.1, 0.15) is 18.9 Å². The van der Waals surface area contributed by atoms with Gasteiger partial charge in [0.25, 0.3) is 0 Å². The summed E-state index contributed by atoms with van der Waals surface area (Å²) in [5.74, 6) is 1.45. The van der Waals surface area contributed by atoms with Crippen LogP contribution in [0.25, 0.3) is 0 Å². The number of pyridine rings is 1. The van der Waals surface area contributed by atoms with Crippen LogP contribution in [-0.2, 0) is 5.88 Å². The predicted octanol–water partition coefficient (Wildman–Crippen LogP) is 2.64. The Morgan fingerprint density at radius 2 is 2.33 bits per heavy atom. The molecule has 3 heteroatoms. The van der Waals surface area contributed by atoms with Crippen molar-refractivity contribution in [2.24, 2.45) is 0 Å². The first kappa shape index (κ1) is 9.33. The number of nitrogens with zero attached hydrogens (tertiary/aromatic N) is 1. The fourth-order valence-corrected chi connectivity index (χ4v) is 1.02. The van der Waals surface area contributed by atoms with Crippen molar-refractivity contribution in [2.45, 2.75) is 19.2 Å². The summed E-state index contributed by atoms with van der Waals surface area (Å²) in [5.41, 5.74) is 1.05. The van der Waals surface area contributed by atoms with Crippen LogP contribution in [0.5, 0.6) is 0 Å². The second-order valence-corrected chi connectivity index (χ2v) is 2.88. The van der Waals surface area contributed by atoms with Gasteiger partial charge in [0.2, 0.25) is 0 Å². The van der Waals surface area contributed by atoms with Gasteiger partial charge in [-0.25, -0.2) is 4.98 Å². The lowest BCUT2D eigenvalue weighted by Gasteiger charge is -2.02. The van der Waals surface area contributed by atoms with Gasteiger partial charge in [0, 0.05) is 18.6 Å². The summed E-state index contributed by atoms with van der Waals surface area (Å²) < 4.78 is 0. The van der Waals surface area contributed by atoms with Crippen molar-refractivity contribution < 1.29 is 0 Å². The van der Waals surface area contributed by atoms with Crippen LogP contribution in [0.3, 0.4) is 0 Å². The maximum absolute atomic E-state index is 5.62. The molecule has 0 saturated heterocycles. The lowest BCUT2D eigenvalue weighted by atomic mass is 10.3. The molecule has 0 spiro atoms. The van der Waals surface area contributed by atoms with E-state index in [1.54, 1.807) is 6.20 Å². The van der Waals surface area contributed by atoms with Crippen molar-refractivity contribution in [2.75, 3.05) is 11.9 Å². The highest BCUT2D eigenvalue weighted by atomic mass is 35.5. The van der Waals surface area contributed by atoms with Gasteiger partial charge < -0.3 is 5.32 Å². The minimum atomic E-state index is 0.529. The highest BCUT2D eigenvalue weighted by Gasteiger charge is 1.92. The van der Waals surface area contributed by atoms with Crippen molar-refractivity contribution in [3.8, 4) is 0 Å². The van der Waals surface area contributed by atoms with Gasteiger partial charge >= 0.3 is 0 Å². The zero-order chi connectivity index (χ0) is 8.81. The van der Waals surface area contributed by atoms with Gasteiger partial charge in [-0.1, -0.05) is 13.0 Å². The molecular weight excluding hydrogens is 172 g/mol. The normalized spacial score (nSPS) is 9.83. The molecule has 0 aliphatic rings. The number of alkyl halides is 1. The molecule has 0 fully saturated rings. The van der Waals surface area contributed by atoms with Gasteiger partial charge in [-0.05, 0) is 18.1 Å². The standard InChI is InChI=1S/C9H13ClN2/c1-2-5-11-9-4-3-8(6-10)7-12-9/h3-4,7H,2,5-6H2,1H3,(H,11,12). The second-order valence-electron chi connectivity index (χ2n) is 2.61. The quantitative estimate of drug-likeness (QED) is 0.728. The summed E-state index contributed by atoms with van der Waals surface area (Å²) in [7, 11) is 0. The molecule has 66 valence electrons. The first-order valence-electron chi connectivity index (χ1n) is 4.11. The van der Waals surface area contributed by atoms with E-state index in [2.05, 4.69) is 17.2 Å². The molecule has 12 heavy (non-hydrogen) atoms. The fraction of sp³-hybridized carbons (Fsp3) is 0.444. The van der Waals surface area contributed by atoms with Crippen molar-refractivity contribution in [3.63, 3.8) is 0 Å². The Labute approximate surface area is 78.0 Å². The third kappa shape index (κ3) is 2.70. The monoisotopic (exact) mass is 184 g/mol. The van der Waals surface area contributed by atoms with Crippen LogP contribution in [-0.4, -0.2) is 11.5 Å². The maximum atomic E-state index is 5.62. The van der Waals surface area contributed by atoms with Crippen molar-refractivity contribution >= 4 is 17.4 Å². The average molecular weight is 185 g/mol. The second kappa shape index (κ2) is 4.99. The van der Waals surface area contributed by atoms with E-state index in [-0.39, 0.29) is 0 Å². The maximum Gasteiger partial charge on any atom is 0.125 e. The smallest absolute Gasteiger partial charge is 0.125 e. The first-order valence-corrected chi connectivity index (χ1v) is 4.65. The molecule has 2 nitrogen and oxygen atoms in total. The van der Waals surface area contributed by atoms with E-state index in [1.807, 2.05) is 12.1 Å². The zero-order valence-corrected chi connectivity index (χ0v) is 7.93. The average Bonchev–Trinajstić information content (AvgIpc) is 2.15. The highest BCUT2D eigenvalue weighted by molar-refractivity contribution is 6.17. The number of hydrogen-bond acceptors (Lipinski definition) is 2. The molecule has 0 radical (unpaired) electrons. The Balaban J connectivity index is 2.53. The molecule has 0 amide bonds. The van der Waals surface area contributed by atoms with Gasteiger partial charge in [-0.15, -0.1) is 11.6 Å². The molecule has 0 aromatic carbocycles. The summed E-state index contributed by atoms with van der Waals surface area (Å²) in [4.78, 5) is 4.19. The third-order valence-corrected chi connectivity index (χ3v) is 1.84. The van der Waals surface area contributed by atoms with Crippen LogP contribution in [0.2, 0.25) is 0 Å². The van der Waals surface area contributed by atoms with Crippen LogP contribution >= 0.6 is 11.6 Å². The molecule has 0 atom stereocenters. The summed E-state index contributed by atoms with van der Waals surface area (Å²) >= 11 is 5.62. The Morgan fingerprint density at radius 1 is 1.50 bits per heavy atom. The summed E-state index contributed by atoms with van der Waals surface area (Å²) in [5, 5.41) is 3.19. The molecule has 0 aliphatic heterocycles. The van der Waals surface area contributed by atoms with Crippen molar-refractivity contribution in [3.05, 3.63) is 23.9 Å². The predicted molar refractivity (Wildman–Crippen MR) is 52.6 cm³/mol. The van der Waals surface area contributed by atoms with Crippen LogP contribution in [0.4, 0.5) is 5.82 Å². The van der Waals surface area contributed by atoms with Crippen molar-refractivity contribution in [1.82, 2.24) is 4.98 Å². The number of aromatic nitrogens is 1. The van der Waals surface area contributed by atoms with E-state index in [9.17, 15) is 0 Å². The summed E-state index contributed by atoms with van der Waals surface area (Å²) in [6.07, 6.45) is 2.91. The molecule has 0 saturated carbocycles. The van der Waals surface area contributed by atoms with Gasteiger partial charge in [-0.2, -0.15) is 0 Å². The van der Waals surface area contributed by atoms with Crippen LogP contribution in [0, 0.1) is 0 Å². The Bertz CT molecular complexity index is 220. The van der Waals surface area contributed by atoms with E-state index >= 15 is 0 Å². The highest BCUT2D eigenvalue weighted by Crippen LogP contribution is 2.06. The zero-order valence-electron chi connectivity index (χ0n) is 7.18. The molecule has 0 unspecified atom stereocenters. The van der Waals surface area contributed by atoms with Gasteiger partial charge in [0.1, 0.15) is 5.82 Å². The van der Waals surface area contributed by atoms with E-state index in [0.29, 0.717) is 5.88 Å². The summed E-state index contributed by atoms with van der Waals surface area (Å²) in [6, 6.07) is 3.94. The first-order chi connectivity index (χ1) is 5.86. The molecule has 1 aromatic rings. The number of anilines is 1. The summed E-state index contributed by atoms with van der Waals surface area (Å²) in [6.45, 7) is 3.09. The van der Waals surface area contributed by atoms with E-state index in [4.69, 9.17) is 11.6 Å².